The van der Waals surface area contributed by atoms with Crippen LogP contribution in [0.4, 0.5) is 0 Å². The Bertz CT molecular complexity index is 399. The summed E-state index contributed by atoms with van der Waals surface area (Å²) < 4.78 is 22.3. The van der Waals surface area contributed by atoms with Crippen molar-refractivity contribution in [2.45, 2.75) is 70.0 Å². The number of rotatable bonds is 7. The number of azide groups is 1. The molecule has 2 unspecified atom stereocenters. The molecule has 120 valence electrons. The predicted octanol–water partition coefficient (Wildman–Crippen LogP) is 1.72. The van der Waals surface area contributed by atoms with Crippen LogP contribution in [-0.2, 0) is 18.9 Å². The normalized spacial score (nSPS) is 35.2. The molecule has 8 nitrogen and oxygen atoms in total. The third kappa shape index (κ3) is 3.85. The topological polar surface area (TPSA) is 106 Å². The van der Waals surface area contributed by atoms with Crippen molar-refractivity contribution in [1.29, 1.82) is 0 Å². The average molecular weight is 301 g/mol. The molecule has 2 saturated heterocycles. The van der Waals surface area contributed by atoms with Crippen LogP contribution in [0.2, 0.25) is 0 Å². The van der Waals surface area contributed by atoms with Gasteiger partial charge in [-0.05, 0) is 25.8 Å². The Balaban J connectivity index is 1.95. The quantitative estimate of drug-likeness (QED) is 0.333. The number of hydrogen-bond donors (Lipinski definition) is 1. The van der Waals surface area contributed by atoms with E-state index in [0.29, 0.717) is 6.61 Å². The van der Waals surface area contributed by atoms with E-state index < -0.39 is 36.4 Å². The van der Waals surface area contributed by atoms with Crippen LogP contribution in [0, 0.1) is 0 Å². The largest absolute Gasteiger partial charge is 0.388 e. The van der Waals surface area contributed by atoms with Crippen LogP contribution in [0.3, 0.4) is 0 Å². The number of aliphatic hydroxyl groups excluding tert-OH is 1. The van der Waals surface area contributed by atoms with E-state index in [2.05, 4.69) is 16.9 Å². The van der Waals surface area contributed by atoms with Crippen LogP contribution >= 0.6 is 0 Å². The first-order chi connectivity index (χ1) is 9.98. The highest BCUT2D eigenvalue weighted by atomic mass is 16.8. The first-order valence-corrected chi connectivity index (χ1v) is 7.29. The van der Waals surface area contributed by atoms with Gasteiger partial charge in [0.1, 0.15) is 18.3 Å². The average Bonchev–Trinajstić information content (AvgIpc) is 2.88. The standard InChI is InChI=1S/C13H23N3O5/c1-4-5-6-18-7-8(17)10-9(15-16-14)11-12(19-10)21-13(2,3)20-11/h8-12,17H,4-7H2,1-3H3/t8?,9-,10+,11?,12+/m0/s1. The van der Waals surface area contributed by atoms with E-state index in [9.17, 15) is 5.11 Å². The molecule has 2 aliphatic heterocycles. The van der Waals surface area contributed by atoms with Crippen LogP contribution < -0.4 is 0 Å². The predicted molar refractivity (Wildman–Crippen MR) is 73.4 cm³/mol. The molecule has 0 aromatic heterocycles. The molecule has 21 heavy (non-hydrogen) atoms. The van der Waals surface area contributed by atoms with Crippen molar-refractivity contribution in [2.75, 3.05) is 13.2 Å². The van der Waals surface area contributed by atoms with Gasteiger partial charge in [-0.2, -0.15) is 0 Å². The van der Waals surface area contributed by atoms with Crippen LogP contribution in [-0.4, -0.2) is 54.8 Å². The van der Waals surface area contributed by atoms with Crippen LogP contribution in [0.1, 0.15) is 33.6 Å². The SMILES string of the molecule is CCCCOCC(O)[C@H]1O[C@@H]2OC(C)(C)OC2[C@H]1N=[N+]=[N-]. The van der Waals surface area contributed by atoms with E-state index >= 15 is 0 Å². The lowest BCUT2D eigenvalue weighted by Gasteiger charge is -2.26. The summed E-state index contributed by atoms with van der Waals surface area (Å²) in [4.78, 5) is 2.83. The van der Waals surface area contributed by atoms with Crippen molar-refractivity contribution in [3.63, 3.8) is 0 Å². The number of aliphatic hydroxyl groups is 1. The lowest BCUT2D eigenvalue weighted by molar-refractivity contribution is -0.218. The molecule has 0 aliphatic carbocycles. The maximum absolute atomic E-state index is 10.2. The zero-order chi connectivity index (χ0) is 15.5. The van der Waals surface area contributed by atoms with Gasteiger partial charge < -0.3 is 24.1 Å². The maximum Gasteiger partial charge on any atom is 0.188 e. The zero-order valence-corrected chi connectivity index (χ0v) is 12.6. The van der Waals surface area contributed by atoms with Gasteiger partial charge in [0, 0.05) is 11.5 Å². The lowest BCUT2D eigenvalue weighted by Crippen LogP contribution is -2.41. The number of nitrogens with zero attached hydrogens (tertiary/aromatic N) is 3. The second-order valence-corrected chi connectivity index (χ2v) is 5.76. The molecule has 0 bridgehead atoms. The van der Waals surface area contributed by atoms with E-state index in [4.69, 9.17) is 24.5 Å². The molecule has 2 fully saturated rings. The minimum Gasteiger partial charge on any atom is -0.388 e. The smallest absolute Gasteiger partial charge is 0.188 e. The highest BCUT2D eigenvalue weighted by Crippen LogP contribution is 2.39. The van der Waals surface area contributed by atoms with Crippen LogP contribution in [0.15, 0.2) is 5.11 Å². The van der Waals surface area contributed by atoms with E-state index in [1.165, 1.54) is 0 Å². The van der Waals surface area contributed by atoms with Crippen molar-refractivity contribution in [1.82, 2.24) is 0 Å². The van der Waals surface area contributed by atoms with Gasteiger partial charge >= 0.3 is 0 Å². The summed E-state index contributed by atoms with van der Waals surface area (Å²) >= 11 is 0. The number of hydrogen-bond acceptors (Lipinski definition) is 6. The van der Waals surface area contributed by atoms with Crippen molar-refractivity contribution < 1.29 is 24.1 Å². The van der Waals surface area contributed by atoms with Crippen LogP contribution in [0.25, 0.3) is 10.4 Å². The molecule has 8 heteroatoms. The van der Waals surface area contributed by atoms with Crippen molar-refractivity contribution in [2.24, 2.45) is 5.11 Å². The fourth-order valence-electron chi connectivity index (χ4n) is 2.57. The molecule has 2 rings (SSSR count). The Kier molecular flexibility index (Phi) is 5.43. The second kappa shape index (κ2) is 6.91. The number of unbranched alkanes of at least 4 members (excludes halogenated alkanes) is 1. The van der Waals surface area contributed by atoms with Crippen molar-refractivity contribution >= 4 is 0 Å². The Labute approximate surface area is 123 Å². The molecule has 5 atom stereocenters. The van der Waals surface area contributed by atoms with Gasteiger partial charge in [0.2, 0.25) is 0 Å². The van der Waals surface area contributed by atoms with Gasteiger partial charge in [-0.25, -0.2) is 0 Å². The summed E-state index contributed by atoms with van der Waals surface area (Å²) in [5.74, 6) is -0.786. The molecular weight excluding hydrogens is 278 g/mol. The Morgan fingerprint density at radius 3 is 2.86 bits per heavy atom. The van der Waals surface area contributed by atoms with E-state index in [-0.39, 0.29) is 6.61 Å². The highest BCUT2D eigenvalue weighted by molar-refractivity contribution is 5.00. The summed E-state index contributed by atoms with van der Waals surface area (Å²) in [6.07, 6.45) is -0.758. The third-order valence-corrected chi connectivity index (χ3v) is 3.55. The molecule has 0 spiro atoms. The van der Waals surface area contributed by atoms with Gasteiger partial charge in [-0.15, -0.1) is 0 Å². The van der Waals surface area contributed by atoms with Gasteiger partial charge in [0.25, 0.3) is 0 Å². The van der Waals surface area contributed by atoms with Crippen molar-refractivity contribution in [3.8, 4) is 0 Å². The molecule has 0 saturated carbocycles. The van der Waals surface area contributed by atoms with Gasteiger partial charge in [-0.1, -0.05) is 18.5 Å². The minimum absolute atomic E-state index is 0.130. The number of fused-ring (bicyclic) bond motifs is 1. The first kappa shape index (κ1) is 16.5. The molecule has 1 N–H and O–H groups in total. The summed E-state index contributed by atoms with van der Waals surface area (Å²) in [5, 5.41) is 13.9. The zero-order valence-electron chi connectivity index (χ0n) is 12.6. The second-order valence-electron chi connectivity index (χ2n) is 5.76. The Morgan fingerprint density at radius 2 is 2.19 bits per heavy atom. The minimum atomic E-state index is -0.890. The molecule has 0 amide bonds. The van der Waals surface area contributed by atoms with Gasteiger partial charge in [0.15, 0.2) is 12.1 Å². The molecule has 2 heterocycles. The molecule has 0 radical (unpaired) electrons. The van der Waals surface area contributed by atoms with Crippen molar-refractivity contribution in [3.05, 3.63) is 10.4 Å². The molecular formula is C13H23N3O5. The molecule has 2 aliphatic rings. The molecule has 0 aromatic carbocycles. The summed E-state index contributed by atoms with van der Waals surface area (Å²) in [5.41, 5.74) is 8.72. The van der Waals surface area contributed by atoms with Gasteiger partial charge in [-0.3, -0.25) is 0 Å². The molecule has 0 aromatic rings. The Morgan fingerprint density at radius 1 is 1.43 bits per heavy atom. The van der Waals surface area contributed by atoms with E-state index in [0.717, 1.165) is 12.8 Å². The highest BCUT2D eigenvalue weighted by Gasteiger charge is 2.56. The maximum atomic E-state index is 10.2. The van der Waals surface area contributed by atoms with E-state index in [1.54, 1.807) is 13.8 Å². The summed E-state index contributed by atoms with van der Waals surface area (Å²) in [7, 11) is 0. The summed E-state index contributed by atoms with van der Waals surface area (Å²) in [6, 6.07) is -0.633. The third-order valence-electron chi connectivity index (χ3n) is 3.55. The van der Waals surface area contributed by atoms with Gasteiger partial charge in [0.05, 0.1) is 12.6 Å². The monoisotopic (exact) mass is 301 g/mol. The lowest BCUT2D eigenvalue weighted by atomic mass is 10.0. The van der Waals surface area contributed by atoms with Crippen LogP contribution in [0.5, 0.6) is 0 Å². The number of ether oxygens (including phenoxy) is 4. The summed E-state index contributed by atoms with van der Waals surface area (Å²) in [6.45, 7) is 6.31. The Hall–Kier alpha value is -0.890. The fraction of sp³-hybridized carbons (Fsp3) is 1.00. The van der Waals surface area contributed by atoms with E-state index in [1.807, 2.05) is 0 Å². The first-order valence-electron chi connectivity index (χ1n) is 7.29. The fourth-order valence-corrected chi connectivity index (χ4v) is 2.57.